The van der Waals surface area contributed by atoms with Crippen molar-refractivity contribution in [3.05, 3.63) is 0 Å². The summed E-state index contributed by atoms with van der Waals surface area (Å²) in [6.07, 6.45) is 2.45. The molecule has 12 heavy (non-hydrogen) atoms. The lowest BCUT2D eigenvalue weighted by atomic mass is 9.97. The fourth-order valence-corrected chi connectivity index (χ4v) is 1.10. The average molecular weight is 171 g/mol. The Morgan fingerprint density at radius 1 is 1.42 bits per heavy atom. The van der Waals surface area contributed by atoms with Crippen LogP contribution in [0.2, 0.25) is 0 Å². The van der Waals surface area contributed by atoms with Crippen LogP contribution < -0.4 is 5.11 Å². The number of unbranched alkanes of at least 4 members (excludes halogenated alkanes) is 1. The van der Waals surface area contributed by atoms with Gasteiger partial charge < -0.3 is 14.7 Å². The number of carbonyl (C=O) groups excluding carboxylic acids is 2. The van der Waals surface area contributed by atoms with Crippen molar-refractivity contribution in [2.75, 3.05) is 0 Å². The second-order valence-electron chi connectivity index (χ2n) is 3.06. The van der Waals surface area contributed by atoms with Gasteiger partial charge in [0, 0.05) is 18.3 Å². The summed E-state index contributed by atoms with van der Waals surface area (Å²) in [6.45, 7) is 3.39. The molecule has 0 aromatic heterocycles. The topological polar surface area (TPSA) is 57.2 Å². The summed E-state index contributed by atoms with van der Waals surface area (Å²) in [5.74, 6) is -1.76. The first-order valence-corrected chi connectivity index (χ1v) is 4.28. The van der Waals surface area contributed by atoms with E-state index in [0.29, 0.717) is 6.42 Å². The summed E-state index contributed by atoms with van der Waals surface area (Å²) < 4.78 is 0. The Hall–Kier alpha value is -0.860. The van der Waals surface area contributed by atoms with Gasteiger partial charge in [-0.15, -0.1) is 0 Å². The smallest absolute Gasteiger partial charge is 0.130 e. The van der Waals surface area contributed by atoms with Crippen LogP contribution in [0.15, 0.2) is 0 Å². The Kier molecular flexibility index (Phi) is 5.34. The van der Waals surface area contributed by atoms with Crippen LogP contribution in [0.25, 0.3) is 0 Å². The van der Waals surface area contributed by atoms with E-state index in [1.165, 1.54) is 6.92 Å². The molecule has 0 aromatic rings. The van der Waals surface area contributed by atoms with Crippen molar-refractivity contribution in [1.29, 1.82) is 0 Å². The largest absolute Gasteiger partial charge is 0.550 e. The van der Waals surface area contributed by atoms with Gasteiger partial charge in [0.05, 0.1) is 0 Å². The lowest BCUT2D eigenvalue weighted by Crippen LogP contribution is -2.32. The van der Waals surface area contributed by atoms with Gasteiger partial charge in [-0.05, 0) is 13.3 Å². The molecule has 0 heterocycles. The fourth-order valence-electron chi connectivity index (χ4n) is 1.10. The number of hydrogen-bond acceptors (Lipinski definition) is 3. The van der Waals surface area contributed by atoms with Crippen LogP contribution in [0.3, 0.4) is 0 Å². The Morgan fingerprint density at radius 3 is 2.33 bits per heavy atom. The molecule has 0 amide bonds. The van der Waals surface area contributed by atoms with Gasteiger partial charge in [0.25, 0.3) is 0 Å². The first-order chi connectivity index (χ1) is 5.57. The van der Waals surface area contributed by atoms with Crippen molar-refractivity contribution in [1.82, 2.24) is 0 Å². The van der Waals surface area contributed by atoms with Crippen molar-refractivity contribution in [2.45, 2.75) is 39.5 Å². The molecular weight excluding hydrogens is 156 g/mol. The molecule has 0 rings (SSSR count). The normalized spacial score (nSPS) is 12.5. The van der Waals surface area contributed by atoms with E-state index in [1.807, 2.05) is 6.92 Å². The Morgan fingerprint density at radius 2 is 2.00 bits per heavy atom. The Balaban J connectivity index is 3.87. The second-order valence-corrected chi connectivity index (χ2v) is 3.06. The molecule has 70 valence electrons. The first kappa shape index (κ1) is 11.1. The number of carbonyl (C=O) groups is 2. The second kappa shape index (κ2) is 5.75. The van der Waals surface area contributed by atoms with Gasteiger partial charge in [-0.3, -0.25) is 0 Å². The first-order valence-electron chi connectivity index (χ1n) is 4.28. The molecule has 0 radical (unpaired) electrons. The van der Waals surface area contributed by atoms with Gasteiger partial charge in [0.1, 0.15) is 5.78 Å². The van der Waals surface area contributed by atoms with Crippen molar-refractivity contribution >= 4 is 11.8 Å². The standard InChI is InChI=1S/C9H16O3/c1-3-4-5-8(9(11)12)6-7(2)10/h8H,3-6H2,1-2H3,(H,11,12)/p-1. The number of carboxylic acid groups (broad SMARTS) is 1. The van der Waals surface area contributed by atoms with E-state index in [0.717, 1.165) is 12.8 Å². The Bertz CT molecular complexity index is 163. The molecule has 0 aliphatic heterocycles. The SMILES string of the molecule is CCCCC(CC(C)=O)C(=O)[O-]. The quantitative estimate of drug-likeness (QED) is 0.585. The summed E-state index contributed by atoms with van der Waals surface area (Å²) in [4.78, 5) is 21.1. The molecule has 0 saturated carbocycles. The monoisotopic (exact) mass is 171 g/mol. The van der Waals surface area contributed by atoms with E-state index in [4.69, 9.17) is 0 Å². The van der Waals surface area contributed by atoms with Gasteiger partial charge >= 0.3 is 0 Å². The third-order valence-electron chi connectivity index (χ3n) is 1.77. The zero-order valence-corrected chi connectivity index (χ0v) is 7.63. The summed E-state index contributed by atoms with van der Waals surface area (Å²) in [5.41, 5.74) is 0. The number of aliphatic carboxylic acids is 1. The Labute approximate surface area is 72.8 Å². The minimum Gasteiger partial charge on any atom is -0.550 e. The molecule has 3 nitrogen and oxygen atoms in total. The molecular formula is C9H15O3-. The highest BCUT2D eigenvalue weighted by Gasteiger charge is 2.11. The van der Waals surface area contributed by atoms with Crippen LogP contribution in [0.5, 0.6) is 0 Å². The molecule has 0 bridgehead atoms. The maximum Gasteiger partial charge on any atom is 0.130 e. The van der Waals surface area contributed by atoms with Crippen LogP contribution in [-0.2, 0) is 9.59 Å². The maximum absolute atomic E-state index is 10.6. The van der Waals surface area contributed by atoms with Crippen LogP contribution in [-0.4, -0.2) is 11.8 Å². The highest BCUT2D eigenvalue weighted by atomic mass is 16.4. The third kappa shape index (κ3) is 4.88. The van der Waals surface area contributed by atoms with E-state index in [-0.39, 0.29) is 12.2 Å². The third-order valence-corrected chi connectivity index (χ3v) is 1.77. The molecule has 0 aliphatic rings. The molecule has 0 saturated heterocycles. The van der Waals surface area contributed by atoms with E-state index in [9.17, 15) is 14.7 Å². The minimum absolute atomic E-state index is 0.0831. The summed E-state index contributed by atoms with van der Waals surface area (Å²) >= 11 is 0. The van der Waals surface area contributed by atoms with E-state index in [2.05, 4.69) is 0 Å². The number of carboxylic acids is 1. The van der Waals surface area contributed by atoms with Crippen molar-refractivity contribution < 1.29 is 14.7 Å². The lowest BCUT2D eigenvalue weighted by molar-refractivity contribution is -0.311. The van der Waals surface area contributed by atoms with E-state index < -0.39 is 11.9 Å². The van der Waals surface area contributed by atoms with Crippen LogP contribution in [0, 0.1) is 5.92 Å². The summed E-state index contributed by atoms with van der Waals surface area (Å²) in [6, 6.07) is 0. The number of rotatable bonds is 6. The van der Waals surface area contributed by atoms with Gasteiger partial charge in [-0.2, -0.15) is 0 Å². The van der Waals surface area contributed by atoms with Crippen LogP contribution in [0.4, 0.5) is 0 Å². The van der Waals surface area contributed by atoms with Crippen molar-refractivity contribution in [2.24, 2.45) is 5.92 Å². The lowest BCUT2D eigenvalue weighted by Gasteiger charge is -2.15. The van der Waals surface area contributed by atoms with E-state index in [1.54, 1.807) is 0 Å². The predicted molar refractivity (Wildman–Crippen MR) is 43.3 cm³/mol. The number of hydrogen-bond donors (Lipinski definition) is 0. The van der Waals surface area contributed by atoms with Crippen molar-refractivity contribution in [3.8, 4) is 0 Å². The molecule has 3 heteroatoms. The molecule has 1 unspecified atom stereocenters. The van der Waals surface area contributed by atoms with Crippen LogP contribution in [0.1, 0.15) is 39.5 Å². The van der Waals surface area contributed by atoms with Gasteiger partial charge in [-0.25, -0.2) is 0 Å². The van der Waals surface area contributed by atoms with Gasteiger partial charge in [0.15, 0.2) is 0 Å². The molecule has 1 atom stereocenters. The van der Waals surface area contributed by atoms with Crippen molar-refractivity contribution in [3.63, 3.8) is 0 Å². The maximum atomic E-state index is 10.6. The zero-order chi connectivity index (χ0) is 9.56. The highest BCUT2D eigenvalue weighted by molar-refractivity contribution is 5.81. The average Bonchev–Trinajstić information content (AvgIpc) is 1.96. The number of ketones is 1. The minimum atomic E-state index is -1.10. The van der Waals surface area contributed by atoms with Crippen LogP contribution >= 0.6 is 0 Å². The molecule has 0 aromatic carbocycles. The summed E-state index contributed by atoms with van der Waals surface area (Å²) in [7, 11) is 0. The molecule has 0 spiro atoms. The number of Topliss-reactive ketones (excluding diaryl/α,β-unsaturated/α-hetero) is 1. The van der Waals surface area contributed by atoms with Gasteiger partial charge in [0.2, 0.25) is 0 Å². The van der Waals surface area contributed by atoms with E-state index >= 15 is 0 Å². The predicted octanol–water partition coefficient (Wildman–Crippen LogP) is 0.522. The highest BCUT2D eigenvalue weighted by Crippen LogP contribution is 2.12. The zero-order valence-electron chi connectivity index (χ0n) is 7.63. The van der Waals surface area contributed by atoms with Gasteiger partial charge in [-0.1, -0.05) is 19.8 Å². The molecule has 0 N–H and O–H groups in total. The molecule has 0 aliphatic carbocycles. The molecule has 0 fully saturated rings. The summed E-state index contributed by atoms with van der Waals surface area (Å²) in [5, 5.41) is 10.5. The fraction of sp³-hybridized carbons (Fsp3) is 0.778.